The summed E-state index contributed by atoms with van der Waals surface area (Å²) in [5.74, 6) is 0.128. The van der Waals surface area contributed by atoms with Crippen molar-refractivity contribution in [2.24, 2.45) is 0 Å². The van der Waals surface area contributed by atoms with E-state index in [0.29, 0.717) is 13.0 Å². The number of hydrogen-bond acceptors (Lipinski definition) is 3. The van der Waals surface area contributed by atoms with E-state index < -0.39 is 0 Å². The molecule has 0 aromatic carbocycles. The highest BCUT2D eigenvalue weighted by Gasteiger charge is 2.45. The van der Waals surface area contributed by atoms with Crippen LogP contribution in [0.15, 0.2) is 0 Å². The van der Waals surface area contributed by atoms with Gasteiger partial charge in [0.1, 0.15) is 5.60 Å². The summed E-state index contributed by atoms with van der Waals surface area (Å²) in [5.41, 5.74) is -0.204. The third kappa shape index (κ3) is 2.52. The van der Waals surface area contributed by atoms with Gasteiger partial charge in [0.25, 0.3) is 0 Å². The van der Waals surface area contributed by atoms with Crippen LogP contribution in [0.3, 0.4) is 0 Å². The maximum atomic E-state index is 11.7. The van der Waals surface area contributed by atoms with E-state index in [1.165, 1.54) is 5.06 Å². The summed E-state index contributed by atoms with van der Waals surface area (Å²) < 4.78 is 0. The standard InChI is InChI=1S/C10H17BrN2O2/c1-8(11)7-13-9(14)6-10(15-13)2-4-12-5-3-10/h8,12H,2-7H2,1H3. The molecule has 86 valence electrons. The van der Waals surface area contributed by atoms with Crippen molar-refractivity contribution in [3.63, 3.8) is 0 Å². The molecule has 1 unspecified atom stereocenters. The molecule has 2 rings (SSSR count). The number of nitrogens with zero attached hydrogens (tertiary/aromatic N) is 1. The first-order valence-corrected chi connectivity index (χ1v) is 6.37. The fraction of sp³-hybridized carbons (Fsp3) is 0.900. The Kier molecular flexibility index (Phi) is 3.33. The maximum absolute atomic E-state index is 11.7. The first-order valence-electron chi connectivity index (χ1n) is 5.46. The van der Waals surface area contributed by atoms with E-state index in [1.807, 2.05) is 6.92 Å². The van der Waals surface area contributed by atoms with Gasteiger partial charge in [-0.2, -0.15) is 0 Å². The van der Waals surface area contributed by atoms with Crippen molar-refractivity contribution < 1.29 is 9.63 Å². The van der Waals surface area contributed by atoms with Crippen molar-refractivity contribution in [2.75, 3.05) is 19.6 Å². The lowest BCUT2D eigenvalue weighted by Crippen LogP contribution is -2.42. The van der Waals surface area contributed by atoms with Crippen molar-refractivity contribution in [1.29, 1.82) is 0 Å². The van der Waals surface area contributed by atoms with Gasteiger partial charge < -0.3 is 5.32 Å². The van der Waals surface area contributed by atoms with Gasteiger partial charge in [-0.3, -0.25) is 9.63 Å². The molecule has 5 heteroatoms. The lowest BCUT2D eigenvalue weighted by Gasteiger charge is -2.32. The second-order valence-electron chi connectivity index (χ2n) is 4.44. The van der Waals surface area contributed by atoms with E-state index in [4.69, 9.17) is 4.84 Å². The molecule has 2 aliphatic heterocycles. The van der Waals surface area contributed by atoms with E-state index in [2.05, 4.69) is 21.2 Å². The summed E-state index contributed by atoms with van der Waals surface area (Å²) in [6.07, 6.45) is 2.42. The Hall–Kier alpha value is -0.130. The van der Waals surface area contributed by atoms with E-state index in [-0.39, 0.29) is 16.3 Å². The highest BCUT2D eigenvalue weighted by Crippen LogP contribution is 2.34. The van der Waals surface area contributed by atoms with Crippen LogP contribution in [0.5, 0.6) is 0 Å². The molecule has 4 nitrogen and oxygen atoms in total. The molecule has 1 spiro atoms. The van der Waals surface area contributed by atoms with Crippen LogP contribution < -0.4 is 5.32 Å². The molecule has 2 aliphatic rings. The van der Waals surface area contributed by atoms with E-state index >= 15 is 0 Å². The van der Waals surface area contributed by atoms with Crippen LogP contribution in [0.2, 0.25) is 0 Å². The lowest BCUT2D eigenvalue weighted by atomic mass is 9.90. The zero-order valence-corrected chi connectivity index (χ0v) is 10.5. The molecule has 0 aliphatic carbocycles. The maximum Gasteiger partial charge on any atom is 0.249 e. The third-order valence-electron chi connectivity index (χ3n) is 2.99. The fourth-order valence-corrected chi connectivity index (χ4v) is 2.46. The molecule has 1 N–H and O–H groups in total. The molecule has 0 radical (unpaired) electrons. The largest absolute Gasteiger partial charge is 0.317 e. The minimum absolute atomic E-state index is 0.128. The molecule has 2 fully saturated rings. The van der Waals surface area contributed by atoms with Crippen molar-refractivity contribution in [1.82, 2.24) is 10.4 Å². The minimum Gasteiger partial charge on any atom is -0.317 e. The number of rotatable bonds is 2. The van der Waals surface area contributed by atoms with Gasteiger partial charge >= 0.3 is 0 Å². The number of halogens is 1. The monoisotopic (exact) mass is 276 g/mol. The van der Waals surface area contributed by atoms with Gasteiger partial charge in [0, 0.05) is 4.83 Å². The first kappa shape index (κ1) is 11.4. The highest BCUT2D eigenvalue weighted by molar-refractivity contribution is 9.09. The van der Waals surface area contributed by atoms with E-state index in [9.17, 15) is 4.79 Å². The number of amides is 1. The average Bonchev–Trinajstić information content (AvgIpc) is 2.43. The van der Waals surface area contributed by atoms with Crippen LogP contribution in [0.1, 0.15) is 26.2 Å². The fourth-order valence-electron chi connectivity index (χ4n) is 2.20. The first-order chi connectivity index (χ1) is 7.11. The number of hydrogen-bond donors (Lipinski definition) is 1. The molecule has 1 atom stereocenters. The van der Waals surface area contributed by atoms with Crippen LogP contribution in [0.4, 0.5) is 0 Å². The van der Waals surface area contributed by atoms with Gasteiger partial charge in [-0.1, -0.05) is 22.9 Å². The van der Waals surface area contributed by atoms with Gasteiger partial charge in [-0.25, -0.2) is 5.06 Å². The minimum atomic E-state index is -0.204. The number of carbonyl (C=O) groups excluding carboxylic acids is 1. The molecule has 0 aromatic heterocycles. The summed E-state index contributed by atoms with van der Waals surface area (Å²) in [7, 11) is 0. The van der Waals surface area contributed by atoms with Crippen LogP contribution in [0, 0.1) is 0 Å². The Bertz CT molecular complexity index is 252. The van der Waals surface area contributed by atoms with Gasteiger partial charge in [-0.05, 0) is 25.9 Å². The van der Waals surface area contributed by atoms with Crippen molar-refractivity contribution in [3.8, 4) is 0 Å². The van der Waals surface area contributed by atoms with Crippen LogP contribution in [-0.4, -0.2) is 41.0 Å². The van der Waals surface area contributed by atoms with Gasteiger partial charge in [-0.15, -0.1) is 0 Å². The van der Waals surface area contributed by atoms with E-state index in [1.54, 1.807) is 0 Å². The molecule has 0 bridgehead atoms. The van der Waals surface area contributed by atoms with Crippen molar-refractivity contribution >= 4 is 21.8 Å². The van der Waals surface area contributed by atoms with E-state index in [0.717, 1.165) is 25.9 Å². The zero-order chi connectivity index (χ0) is 10.9. The smallest absolute Gasteiger partial charge is 0.249 e. The number of alkyl halides is 1. The van der Waals surface area contributed by atoms with Crippen LogP contribution in [-0.2, 0) is 9.63 Å². The number of piperidine rings is 1. The topological polar surface area (TPSA) is 41.6 Å². The predicted molar refractivity (Wildman–Crippen MR) is 60.6 cm³/mol. The molecular weight excluding hydrogens is 260 g/mol. The number of nitrogens with one attached hydrogen (secondary N) is 1. The Morgan fingerprint density at radius 3 is 2.87 bits per heavy atom. The van der Waals surface area contributed by atoms with Crippen molar-refractivity contribution in [2.45, 2.75) is 36.6 Å². The molecule has 0 saturated carbocycles. The summed E-state index contributed by atoms with van der Waals surface area (Å²) in [6, 6.07) is 0. The molecule has 0 aromatic rings. The molecular formula is C10H17BrN2O2. The summed E-state index contributed by atoms with van der Waals surface area (Å²) in [4.78, 5) is 17.8. The molecule has 2 heterocycles. The Morgan fingerprint density at radius 2 is 2.27 bits per heavy atom. The van der Waals surface area contributed by atoms with Crippen molar-refractivity contribution in [3.05, 3.63) is 0 Å². The second kappa shape index (κ2) is 4.39. The Labute approximate surface area is 98.4 Å². The highest BCUT2D eigenvalue weighted by atomic mass is 79.9. The lowest BCUT2D eigenvalue weighted by molar-refractivity contribution is -0.204. The number of hydroxylamine groups is 2. The molecule has 15 heavy (non-hydrogen) atoms. The normalized spacial score (nSPS) is 27.3. The predicted octanol–water partition coefficient (Wildman–Crippen LogP) is 1.06. The quantitative estimate of drug-likeness (QED) is 0.767. The SMILES string of the molecule is CC(Br)CN1OC2(CCNCC2)CC1=O. The van der Waals surface area contributed by atoms with Crippen LogP contribution in [0.25, 0.3) is 0 Å². The second-order valence-corrected chi connectivity index (χ2v) is 6.00. The van der Waals surface area contributed by atoms with Gasteiger partial charge in [0.2, 0.25) is 5.91 Å². The third-order valence-corrected chi connectivity index (χ3v) is 3.28. The Morgan fingerprint density at radius 1 is 1.60 bits per heavy atom. The summed E-state index contributed by atoms with van der Waals surface area (Å²) in [5, 5.41) is 4.82. The molecule has 1 amide bonds. The summed E-state index contributed by atoms with van der Waals surface area (Å²) >= 11 is 3.44. The van der Waals surface area contributed by atoms with Gasteiger partial charge in [0.05, 0.1) is 13.0 Å². The number of carbonyl (C=O) groups is 1. The Balaban J connectivity index is 1.98. The molecule has 2 saturated heterocycles. The zero-order valence-electron chi connectivity index (χ0n) is 8.96. The summed E-state index contributed by atoms with van der Waals surface area (Å²) in [6.45, 7) is 4.55. The average molecular weight is 277 g/mol. The van der Waals surface area contributed by atoms with Crippen LogP contribution >= 0.6 is 15.9 Å². The van der Waals surface area contributed by atoms with Gasteiger partial charge in [0.15, 0.2) is 0 Å².